The number of hydrogen-bond acceptors (Lipinski definition) is 2. The minimum absolute atomic E-state index is 0.593. The van der Waals surface area contributed by atoms with Crippen molar-refractivity contribution in [2.24, 2.45) is 0 Å². The molecule has 0 saturated carbocycles. The van der Waals surface area contributed by atoms with Gasteiger partial charge in [0.25, 0.3) is 0 Å². The van der Waals surface area contributed by atoms with Crippen LogP contribution in [0, 0.1) is 0 Å². The van der Waals surface area contributed by atoms with Gasteiger partial charge in [0.1, 0.15) is 11.1 Å². The van der Waals surface area contributed by atoms with Crippen LogP contribution >= 0.6 is 0 Å². The molecule has 0 atom stereocenters. The molecule has 0 radical (unpaired) electrons. The molecule has 0 spiro atoms. The highest BCUT2D eigenvalue weighted by Gasteiger charge is 2.53. The smallest absolute Gasteiger partial charge is 0.122 e. The van der Waals surface area contributed by atoms with Crippen LogP contribution < -0.4 is 0 Å². The summed E-state index contributed by atoms with van der Waals surface area (Å²) in [4.78, 5) is 9.01. The first-order chi connectivity index (χ1) is 17.9. The number of aromatic nitrogens is 4. The van der Waals surface area contributed by atoms with Gasteiger partial charge < -0.3 is 9.13 Å². The standard InChI is InChI=1S/C32H24N4/c1-3-11-25(12-4-1)31(35-21-19-33-23-35)27-15-7-9-17-29(27)32(36-22-20-34-24-36,26-13-5-2-6-14-26)30-18-10-8-16-28(30)31/h1-24H. The van der Waals surface area contributed by atoms with Crippen LogP contribution in [0.2, 0.25) is 0 Å². The summed E-state index contributed by atoms with van der Waals surface area (Å²) in [5, 5.41) is 0. The number of hydrogen-bond donors (Lipinski definition) is 0. The zero-order valence-electron chi connectivity index (χ0n) is 19.6. The van der Waals surface area contributed by atoms with E-state index in [1.807, 2.05) is 25.0 Å². The summed E-state index contributed by atoms with van der Waals surface area (Å²) in [5.41, 5.74) is 6.05. The van der Waals surface area contributed by atoms with Gasteiger partial charge in [0.15, 0.2) is 0 Å². The second kappa shape index (κ2) is 7.92. The highest BCUT2D eigenvalue weighted by molar-refractivity contribution is 5.68. The number of rotatable bonds is 4. The maximum atomic E-state index is 4.51. The molecule has 2 aromatic heterocycles. The highest BCUT2D eigenvalue weighted by Crippen LogP contribution is 2.56. The third kappa shape index (κ3) is 2.58. The molecule has 4 aromatic carbocycles. The summed E-state index contributed by atoms with van der Waals surface area (Å²) in [6.07, 6.45) is 11.8. The summed E-state index contributed by atoms with van der Waals surface area (Å²) >= 11 is 0. The van der Waals surface area contributed by atoms with E-state index in [1.54, 1.807) is 0 Å². The van der Waals surface area contributed by atoms with Gasteiger partial charge in [0, 0.05) is 24.8 Å². The lowest BCUT2D eigenvalue weighted by molar-refractivity contribution is 0.422. The van der Waals surface area contributed by atoms with Crippen molar-refractivity contribution in [1.29, 1.82) is 0 Å². The molecule has 0 unspecified atom stereocenters. The molecular weight excluding hydrogens is 440 g/mol. The Balaban J connectivity index is 1.73. The Bertz CT molecular complexity index is 1450. The lowest BCUT2D eigenvalue weighted by Gasteiger charge is -2.50. The lowest BCUT2D eigenvalue weighted by atomic mass is 9.60. The normalized spacial score (nSPS) is 20.4. The molecule has 4 heteroatoms. The van der Waals surface area contributed by atoms with E-state index >= 15 is 0 Å². The van der Waals surface area contributed by atoms with E-state index in [0.29, 0.717) is 0 Å². The first kappa shape index (κ1) is 20.7. The van der Waals surface area contributed by atoms with Gasteiger partial charge in [-0.1, -0.05) is 109 Å². The second-order valence-electron chi connectivity index (χ2n) is 9.18. The van der Waals surface area contributed by atoms with Crippen molar-refractivity contribution in [2.75, 3.05) is 0 Å². The number of imidazole rings is 2. The van der Waals surface area contributed by atoms with Crippen molar-refractivity contribution in [2.45, 2.75) is 11.1 Å². The Morgan fingerprint density at radius 1 is 0.417 bits per heavy atom. The zero-order chi connectivity index (χ0) is 24.0. The average Bonchev–Trinajstić information content (AvgIpc) is 3.69. The van der Waals surface area contributed by atoms with Crippen LogP contribution in [-0.4, -0.2) is 19.1 Å². The molecule has 0 amide bonds. The van der Waals surface area contributed by atoms with Crippen molar-refractivity contribution in [3.05, 3.63) is 180 Å². The predicted molar refractivity (Wildman–Crippen MR) is 141 cm³/mol. The molecule has 1 aliphatic carbocycles. The summed E-state index contributed by atoms with van der Waals surface area (Å²) in [5.74, 6) is 0. The highest BCUT2D eigenvalue weighted by atomic mass is 15.1. The summed E-state index contributed by atoms with van der Waals surface area (Å²) in [6.45, 7) is 0. The number of benzene rings is 4. The van der Waals surface area contributed by atoms with Gasteiger partial charge in [-0.15, -0.1) is 0 Å². The average molecular weight is 465 g/mol. The molecular formula is C32H24N4. The summed E-state index contributed by atoms with van der Waals surface area (Å²) < 4.78 is 4.51. The molecule has 4 nitrogen and oxygen atoms in total. The Morgan fingerprint density at radius 3 is 1.06 bits per heavy atom. The summed E-state index contributed by atoms with van der Waals surface area (Å²) in [7, 11) is 0. The van der Waals surface area contributed by atoms with Crippen LogP contribution in [0.1, 0.15) is 33.4 Å². The van der Waals surface area contributed by atoms with E-state index in [1.165, 1.54) is 33.4 Å². The van der Waals surface area contributed by atoms with Crippen LogP contribution in [0.5, 0.6) is 0 Å². The predicted octanol–water partition coefficient (Wildman–Crippen LogP) is 6.07. The maximum Gasteiger partial charge on any atom is 0.122 e. The van der Waals surface area contributed by atoms with Crippen molar-refractivity contribution >= 4 is 0 Å². The van der Waals surface area contributed by atoms with Gasteiger partial charge in [-0.3, -0.25) is 0 Å². The van der Waals surface area contributed by atoms with Crippen LogP contribution in [0.4, 0.5) is 0 Å². The number of fused-ring (bicyclic) bond motifs is 2. The fourth-order valence-electron chi connectivity index (χ4n) is 6.27. The van der Waals surface area contributed by atoms with E-state index in [4.69, 9.17) is 0 Å². The van der Waals surface area contributed by atoms with E-state index in [2.05, 4.69) is 141 Å². The minimum Gasteiger partial charge on any atom is -0.319 e. The number of nitrogens with zero attached hydrogens (tertiary/aromatic N) is 4. The van der Waals surface area contributed by atoms with E-state index in [0.717, 1.165) is 0 Å². The quantitative estimate of drug-likeness (QED) is 0.317. The molecule has 0 aliphatic heterocycles. The first-order valence-corrected chi connectivity index (χ1v) is 12.2. The van der Waals surface area contributed by atoms with Crippen molar-refractivity contribution in [3.63, 3.8) is 0 Å². The van der Waals surface area contributed by atoms with Crippen LogP contribution in [0.25, 0.3) is 0 Å². The topological polar surface area (TPSA) is 35.6 Å². The van der Waals surface area contributed by atoms with Crippen molar-refractivity contribution < 1.29 is 0 Å². The van der Waals surface area contributed by atoms with Gasteiger partial charge in [0.2, 0.25) is 0 Å². The molecule has 0 saturated heterocycles. The molecule has 7 rings (SSSR count). The summed E-state index contributed by atoms with van der Waals surface area (Å²) in [6, 6.07) is 39.2. The third-order valence-electron chi connectivity index (χ3n) is 7.58. The Morgan fingerprint density at radius 2 is 0.750 bits per heavy atom. The third-order valence-corrected chi connectivity index (χ3v) is 7.58. The molecule has 6 aromatic rings. The van der Waals surface area contributed by atoms with E-state index in [-0.39, 0.29) is 0 Å². The molecule has 2 heterocycles. The molecule has 0 N–H and O–H groups in total. The Kier molecular flexibility index (Phi) is 4.55. The fraction of sp³-hybridized carbons (Fsp3) is 0.0625. The molecule has 172 valence electrons. The van der Waals surface area contributed by atoms with Gasteiger partial charge >= 0.3 is 0 Å². The van der Waals surface area contributed by atoms with E-state index in [9.17, 15) is 0 Å². The molecule has 0 fully saturated rings. The van der Waals surface area contributed by atoms with Gasteiger partial charge in [-0.2, -0.15) is 0 Å². The van der Waals surface area contributed by atoms with E-state index < -0.39 is 11.1 Å². The maximum absolute atomic E-state index is 4.51. The van der Waals surface area contributed by atoms with Crippen LogP contribution in [0.15, 0.2) is 147 Å². The monoisotopic (exact) mass is 464 g/mol. The first-order valence-electron chi connectivity index (χ1n) is 12.2. The van der Waals surface area contributed by atoms with Gasteiger partial charge in [-0.05, 0) is 33.4 Å². The molecule has 1 aliphatic rings. The van der Waals surface area contributed by atoms with Crippen LogP contribution in [-0.2, 0) is 11.1 Å². The lowest BCUT2D eigenvalue weighted by Crippen LogP contribution is -2.50. The molecule has 36 heavy (non-hydrogen) atoms. The Labute approximate surface area is 210 Å². The van der Waals surface area contributed by atoms with Crippen molar-refractivity contribution in [3.8, 4) is 0 Å². The Hall–Kier alpha value is -4.70. The van der Waals surface area contributed by atoms with Gasteiger partial charge in [-0.25, -0.2) is 9.97 Å². The van der Waals surface area contributed by atoms with Crippen LogP contribution in [0.3, 0.4) is 0 Å². The van der Waals surface area contributed by atoms with Gasteiger partial charge in [0.05, 0.1) is 12.7 Å². The second-order valence-corrected chi connectivity index (χ2v) is 9.18. The zero-order valence-corrected chi connectivity index (χ0v) is 19.6. The molecule has 0 bridgehead atoms. The largest absolute Gasteiger partial charge is 0.319 e. The SMILES string of the molecule is c1ccc(C2(n3ccnc3)c3ccccc3C(c3ccccc3)(n3ccnc3)c3ccccc32)cc1. The fourth-order valence-corrected chi connectivity index (χ4v) is 6.27. The minimum atomic E-state index is -0.593. The van der Waals surface area contributed by atoms with Crippen molar-refractivity contribution in [1.82, 2.24) is 19.1 Å².